The van der Waals surface area contributed by atoms with E-state index in [0.29, 0.717) is 18.8 Å². The van der Waals surface area contributed by atoms with E-state index in [4.69, 9.17) is 10.2 Å². The summed E-state index contributed by atoms with van der Waals surface area (Å²) in [6, 6.07) is 0. The van der Waals surface area contributed by atoms with Crippen molar-refractivity contribution < 1.29 is 38.9 Å². The van der Waals surface area contributed by atoms with Gasteiger partial charge in [-0.1, -0.05) is 26.5 Å². The molecule has 0 spiro atoms. The molecule has 8 nitrogen and oxygen atoms in total. The van der Waals surface area contributed by atoms with Gasteiger partial charge in [0.25, 0.3) is 0 Å². The van der Waals surface area contributed by atoms with E-state index in [-0.39, 0.29) is 5.97 Å². The van der Waals surface area contributed by atoms with E-state index < -0.39 is 17.9 Å². The summed E-state index contributed by atoms with van der Waals surface area (Å²) in [5.41, 5.74) is 0. The molecule has 23 heavy (non-hydrogen) atoms. The number of carbonyl (C=O) groups excluding carboxylic acids is 2. The zero-order valence-electron chi connectivity index (χ0n) is 13.2. The predicted molar refractivity (Wildman–Crippen MR) is 82.7 cm³/mol. The number of ether oxygens (including phenoxy) is 2. The van der Waals surface area contributed by atoms with E-state index >= 15 is 0 Å². The van der Waals surface area contributed by atoms with Gasteiger partial charge in [0.1, 0.15) is 0 Å². The molecule has 0 radical (unpaired) electrons. The molecule has 0 aliphatic heterocycles. The van der Waals surface area contributed by atoms with Crippen LogP contribution in [0.2, 0.25) is 0 Å². The summed E-state index contributed by atoms with van der Waals surface area (Å²) in [6.07, 6.45) is 5.38. The lowest BCUT2D eigenvalue weighted by Crippen LogP contribution is -2.00. The summed E-state index contributed by atoms with van der Waals surface area (Å²) in [4.78, 5) is 39.3. The van der Waals surface area contributed by atoms with Gasteiger partial charge in [0.2, 0.25) is 0 Å². The first kappa shape index (κ1) is 25.1. The van der Waals surface area contributed by atoms with Crippen LogP contribution in [0.25, 0.3) is 0 Å². The molecule has 0 aromatic rings. The highest BCUT2D eigenvalue weighted by molar-refractivity contribution is 5.89. The molecule has 0 aromatic carbocycles. The van der Waals surface area contributed by atoms with Gasteiger partial charge in [0, 0.05) is 24.3 Å². The number of hydrogen-bond acceptors (Lipinski definition) is 6. The van der Waals surface area contributed by atoms with Crippen LogP contribution in [0.5, 0.6) is 0 Å². The molecule has 0 saturated carbocycles. The average Bonchev–Trinajstić information content (AvgIpc) is 2.53. The van der Waals surface area contributed by atoms with E-state index in [2.05, 4.69) is 22.6 Å². The van der Waals surface area contributed by atoms with Crippen LogP contribution in [-0.4, -0.2) is 47.8 Å². The summed E-state index contributed by atoms with van der Waals surface area (Å²) in [5, 5.41) is 15.6. The minimum atomic E-state index is -1.26. The van der Waals surface area contributed by atoms with Crippen molar-refractivity contribution >= 4 is 23.9 Å². The standard InChI is InChI=1S/C7H12O2.C4H4O4.C4H6O2/c1-3-5-6-9-7(8)4-2;5-3(6)1-2-4(7)8;1-3-4(5)6-2/h4H,2-3,5-6H2,1H3;1-2H,(H,5,6)(H,7,8);3H,1H2,2H3/b;2-1+;. The molecule has 0 saturated heterocycles. The topological polar surface area (TPSA) is 127 Å². The number of unbranched alkanes of at least 4 members (excludes halogenated alkanes) is 1. The van der Waals surface area contributed by atoms with Gasteiger partial charge >= 0.3 is 23.9 Å². The van der Waals surface area contributed by atoms with E-state index in [9.17, 15) is 19.2 Å². The predicted octanol–water partition coefficient (Wildman–Crippen LogP) is 1.57. The van der Waals surface area contributed by atoms with Crippen LogP contribution in [0, 0.1) is 0 Å². The summed E-state index contributed by atoms with van der Waals surface area (Å²) < 4.78 is 8.82. The third-order valence-corrected chi connectivity index (χ3v) is 1.65. The fraction of sp³-hybridized carbons (Fsp3) is 0.333. The molecule has 0 rings (SSSR count). The Balaban J connectivity index is -0.000000266. The molecule has 0 aromatic heterocycles. The normalized spacial score (nSPS) is 8.43. The Morgan fingerprint density at radius 2 is 1.39 bits per heavy atom. The number of carboxylic acid groups (broad SMARTS) is 2. The van der Waals surface area contributed by atoms with Crippen LogP contribution < -0.4 is 0 Å². The maximum Gasteiger partial charge on any atom is 0.330 e. The minimum absolute atomic E-state index is 0.330. The van der Waals surface area contributed by atoms with Crippen molar-refractivity contribution in [3.05, 3.63) is 37.5 Å². The number of aliphatic carboxylic acids is 2. The van der Waals surface area contributed by atoms with Crippen LogP contribution in [0.15, 0.2) is 37.5 Å². The Morgan fingerprint density at radius 3 is 1.61 bits per heavy atom. The van der Waals surface area contributed by atoms with Crippen molar-refractivity contribution in [3.8, 4) is 0 Å². The van der Waals surface area contributed by atoms with E-state index in [1.165, 1.54) is 13.2 Å². The zero-order chi connectivity index (χ0) is 18.7. The maximum atomic E-state index is 10.3. The fourth-order valence-electron chi connectivity index (χ4n) is 0.602. The smallest absolute Gasteiger partial charge is 0.330 e. The molecule has 0 unspecified atom stereocenters. The van der Waals surface area contributed by atoms with Gasteiger partial charge in [-0.25, -0.2) is 19.2 Å². The molecule has 0 atom stereocenters. The lowest BCUT2D eigenvalue weighted by molar-refractivity contribution is -0.138. The Labute approximate surface area is 134 Å². The molecule has 0 aliphatic rings. The molecule has 8 heteroatoms. The highest BCUT2D eigenvalue weighted by atomic mass is 16.5. The third-order valence-electron chi connectivity index (χ3n) is 1.65. The highest BCUT2D eigenvalue weighted by Crippen LogP contribution is 1.88. The van der Waals surface area contributed by atoms with E-state index in [0.717, 1.165) is 18.9 Å². The molecule has 0 fully saturated rings. The van der Waals surface area contributed by atoms with Crippen LogP contribution >= 0.6 is 0 Å². The van der Waals surface area contributed by atoms with E-state index in [1.807, 2.05) is 6.92 Å². The SMILES string of the molecule is C=CC(=O)OC.C=CC(=O)OCCCC.O=C(O)/C=C/C(=O)O. The van der Waals surface area contributed by atoms with Crippen LogP contribution in [0.1, 0.15) is 19.8 Å². The van der Waals surface area contributed by atoms with Crippen molar-refractivity contribution in [2.24, 2.45) is 0 Å². The zero-order valence-corrected chi connectivity index (χ0v) is 13.2. The van der Waals surface area contributed by atoms with Gasteiger partial charge in [0.15, 0.2) is 0 Å². The average molecular weight is 330 g/mol. The molecular weight excluding hydrogens is 308 g/mol. The van der Waals surface area contributed by atoms with Crippen molar-refractivity contribution in [1.82, 2.24) is 0 Å². The van der Waals surface area contributed by atoms with Crippen molar-refractivity contribution in [2.45, 2.75) is 19.8 Å². The largest absolute Gasteiger partial charge is 0.478 e. The quantitative estimate of drug-likeness (QED) is 0.409. The van der Waals surface area contributed by atoms with Gasteiger partial charge in [-0.15, -0.1) is 0 Å². The lowest BCUT2D eigenvalue weighted by Gasteiger charge is -1.97. The summed E-state index contributed by atoms with van der Waals surface area (Å²) in [5.74, 6) is -3.24. The minimum Gasteiger partial charge on any atom is -0.478 e. The second-order valence-electron chi connectivity index (χ2n) is 3.46. The van der Waals surface area contributed by atoms with E-state index in [1.54, 1.807) is 0 Å². The Hall–Kier alpha value is -2.90. The summed E-state index contributed by atoms with van der Waals surface area (Å²) in [6.45, 7) is 8.98. The number of rotatable bonds is 7. The van der Waals surface area contributed by atoms with Crippen molar-refractivity contribution in [3.63, 3.8) is 0 Å². The van der Waals surface area contributed by atoms with Crippen molar-refractivity contribution in [1.29, 1.82) is 0 Å². The summed E-state index contributed by atoms with van der Waals surface area (Å²) in [7, 11) is 1.31. The Bertz CT molecular complexity index is 407. The molecule has 130 valence electrons. The van der Waals surface area contributed by atoms with Crippen molar-refractivity contribution in [2.75, 3.05) is 13.7 Å². The maximum absolute atomic E-state index is 10.3. The molecule has 0 bridgehead atoms. The first-order valence-corrected chi connectivity index (χ1v) is 6.38. The van der Waals surface area contributed by atoms with Gasteiger partial charge in [-0.2, -0.15) is 0 Å². The lowest BCUT2D eigenvalue weighted by atomic mass is 10.4. The first-order chi connectivity index (χ1) is 10.7. The van der Waals surface area contributed by atoms with Gasteiger partial charge < -0.3 is 19.7 Å². The second kappa shape index (κ2) is 19.1. The number of esters is 2. The van der Waals surface area contributed by atoms with Gasteiger partial charge in [0.05, 0.1) is 13.7 Å². The van der Waals surface area contributed by atoms with Gasteiger partial charge in [-0.3, -0.25) is 0 Å². The second-order valence-corrected chi connectivity index (χ2v) is 3.46. The first-order valence-electron chi connectivity index (χ1n) is 6.38. The molecule has 0 amide bonds. The van der Waals surface area contributed by atoms with Crippen LogP contribution in [0.4, 0.5) is 0 Å². The molecule has 0 aliphatic carbocycles. The van der Waals surface area contributed by atoms with Gasteiger partial charge in [-0.05, 0) is 6.42 Å². The van der Waals surface area contributed by atoms with Crippen LogP contribution in [-0.2, 0) is 28.7 Å². The highest BCUT2D eigenvalue weighted by Gasteiger charge is 1.91. The summed E-state index contributed by atoms with van der Waals surface area (Å²) >= 11 is 0. The number of carbonyl (C=O) groups is 4. The fourth-order valence-corrected chi connectivity index (χ4v) is 0.602. The monoisotopic (exact) mass is 330 g/mol. The van der Waals surface area contributed by atoms with Crippen LogP contribution in [0.3, 0.4) is 0 Å². The number of methoxy groups -OCH3 is 1. The molecule has 0 heterocycles. The third kappa shape index (κ3) is 32.5. The Kier molecular flexibility index (Phi) is 20.8. The number of carboxylic acids is 2. The molecule has 2 N–H and O–H groups in total. The molecular formula is C15H22O8. The number of hydrogen-bond donors (Lipinski definition) is 2. The Morgan fingerprint density at radius 1 is 0.957 bits per heavy atom.